The number of benzene rings is 1. The second-order valence-electron chi connectivity index (χ2n) is 6.30. The van der Waals surface area contributed by atoms with Gasteiger partial charge < -0.3 is 14.4 Å². The zero-order valence-corrected chi connectivity index (χ0v) is 15.4. The minimum atomic E-state index is 0.416. The van der Waals surface area contributed by atoms with Crippen LogP contribution in [0.5, 0.6) is 11.5 Å². The minimum Gasteiger partial charge on any atom is -0.497 e. The zero-order chi connectivity index (χ0) is 17.4. The lowest BCUT2D eigenvalue weighted by Gasteiger charge is -2.27. The number of fused-ring (bicyclic) bond motifs is 1. The van der Waals surface area contributed by atoms with E-state index < -0.39 is 0 Å². The summed E-state index contributed by atoms with van der Waals surface area (Å²) >= 11 is 1.53. The van der Waals surface area contributed by atoms with E-state index in [0.717, 1.165) is 58.8 Å². The van der Waals surface area contributed by atoms with Crippen molar-refractivity contribution in [3.8, 4) is 22.1 Å². The highest BCUT2D eigenvalue weighted by Gasteiger charge is 2.25. The third-order valence-electron chi connectivity index (χ3n) is 4.74. The summed E-state index contributed by atoms with van der Waals surface area (Å²) in [5.74, 6) is 2.89. The van der Waals surface area contributed by atoms with E-state index in [2.05, 4.69) is 22.1 Å². The van der Waals surface area contributed by atoms with Crippen molar-refractivity contribution in [3.63, 3.8) is 0 Å². The monoisotopic (exact) mass is 359 g/mol. The highest BCUT2D eigenvalue weighted by molar-refractivity contribution is 7.19. The van der Waals surface area contributed by atoms with Crippen LogP contribution in [-0.4, -0.2) is 59.1 Å². The van der Waals surface area contributed by atoms with Crippen LogP contribution in [0.1, 0.15) is 24.6 Å². The fourth-order valence-corrected chi connectivity index (χ4v) is 4.11. The van der Waals surface area contributed by atoms with Gasteiger partial charge >= 0.3 is 0 Å². The van der Waals surface area contributed by atoms with Crippen LogP contribution in [-0.2, 0) is 0 Å². The normalized spacial score (nSPS) is 16.4. The molecule has 1 aromatic carbocycles. The molecule has 132 valence electrons. The van der Waals surface area contributed by atoms with Crippen LogP contribution in [0, 0.1) is 0 Å². The fraction of sp³-hybridized carbons (Fsp3) is 0.471. The SMILES string of the molecule is COc1ccc(-c2nn3c(C4CCN(C)CC4)nnc3s2)c(OC)c1. The third-order valence-corrected chi connectivity index (χ3v) is 5.67. The largest absolute Gasteiger partial charge is 0.497 e. The number of aromatic nitrogens is 4. The summed E-state index contributed by atoms with van der Waals surface area (Å²) < 4.78 is 12.7. The van der Waals surface area contributed by atoms with Crippen molar-refractivity contribution < 1.29 is 9.47 Å². The fourth-order valence-electron chi connectivity index (χ4n) is 3.24. The lowest BCUT2D eigenvalue weighted by molar-refractivity contribution is 0.250. The van der Waals surface area contributed by atoms with Gasteiger partial charge in [-0.2, -0.15) is 9.61 Å². The molecule has 0 aliphatic carbocycles. The lowest BCUT2D eigenvalue weighted by Crippen LogP contribution is -2.30. The van der Waals surface area contributed by atoms with Crippen molar-refractivity contribution in [1.82, 2.24) is 24.7 Å². The Morgan fingerprint density at radius 3 is 2.64 bits per heavy atom. The van der Waals surface area contributed by atoms with Crippen LogP contribution in [0.2, 0.25) is 0 Å². The predicted octanol–water partition coefficient (Wildman–Crippen LogP) is 2.68. The Morgan fingerprint density at radius 2 is 1.92 bits per heavy atom. The maximum atomic E-state index is 5.51. The van der Waals surface area contributed by atoms with Crippen molar-refractivity contribution in [2.45, 2.75) is 18.8 Å². The summed E-state index contributed by atoms with van der Waals surface area (Å²) in [7, 11) is 5.46. The second kappa shape index (κ2) is 6.61. The van der Waals surface area contributed by atoms with Gasteiger partial charge in [0.25, 0.3) is 0 Å². The van der Waals surface area contributed by atoms with Crippen molar-refractivity contribution in [2.75, 3.05) is 34.4 Å². The molecule has 4 rings (SSSR count). The second-order valence-corrected chi connectivity index (χ2v) is 7.26. The maximum absolute atomic E-state index is 5.51. The Kier molecular flexibility index (Phi) is 4.30. The van der Waals surface area contributed by atoms with Gasteiger partial charge in [-0.15, -0.1) is 10.2 Å². The van der Waals surface area contributed by atoms with E-state index in [4.69, 9.17) is 14.6 Å². The lowest BCUT2D eigenvalue weighted by atomic mass is 9.96. The molecule has 25 heavy (non-hydrogen) atoms. The van der Waals surface area contributed by atoms with E-state index in [0.29, 0.717) is 5.92 Å². The molecule has 3 aromatic rings. The standard InChI is InChI=1S/C17H21N5O2S/c1-21-8-6-11(7-9-21)15-18-19-17-22(15)20-16(25-17)13-5-4-12(23-2)10-14(13)24-3/h4-5,10-11H,6-9H2,1-3H3. The molecule has 1 aliphatic heterocycles. The first kappa shape index (κ1) is 16.3. The van der Waals surface area contributed by atoms with E-state index in [-0.39, 0.29) is 0 Å². The Bertz CT molecular complexity index is 882. The highest BCUT2D eigenvalue weighted by atomic mass is 32.1. The molecule has 0 saturated carbocycles. The molecular formula is C17H21N5O2S. The predicted molar refractivity (Wildman–Crippen MR) is 96.7 cm³/mol. The third kappa shape index (κ3) is 2.96. The van der Waals surface area contributed by atoms with E-state index in [1.54, 1.807) is 14.2 Å². The smallest absolute Gasteiger partial charge is 0.234 e. The number of piperidine rings is 1. The number of methoxy groups -OCH3 is 2. The number of rotatable bonds is 4. The van der Waals surface area contributed by atoms with Gasteiger partial charge in [0.05, 0.1) is 19.8 Å². The molecule has 3 heterocycles. The van der Waals surface area contributed by atoms with Crippen LogP contribution in [0.3, 0.4) is 0 Å². The van der Waals surface area contributed by atoms with Gasteiger partial charge in [-0.25, -0.2) is 0 Å². The Hall–Kier alpha value is -2.19. The van der Waals surface area contributed by atoms with Gasteiger partial charge in [0.2, 0.25) is 4.96 Å². The molecule has 1 saturated heterocycles. The molecule has 0 unspecified atom stereocenters. The molecule has 2 aromatic heterocycles. The molecule has 0 bridgehead atoms. The van der Waals surface area contributed by atoms with Gasteiger partial charge in [-0.1, -0.05) is 11.3 Å². The summed E-state index contributed by atoms with van der Waals surface area (Å²) in [5.41, 5.74) is 0.938. The van der Waals surface area contributed by atoms with E-state index >= 15 is 0 Å². The van der Waals surface area contributed by atoms with Crippen molar-refractivity contribution in [1.29, 1.82) is 0 Å². The molecule has 1 fully saturated rings. The number of hydrogen-bond donors (Lipinski definition) is 0. The molecule has 7 nitrogen and oxygen atoms in total. The molecule has 1 aliphatic rings. The topological polar surface area (TPSA) is 64.8 Å². The van der Waals surface area contributed by atoms with Crippen LogP contribution < -0.4 is 9.47 Å². The number of hydrogen-bond acceptors (Lipinski definition) is 7. The molecule has 0 N–H and O–H groups in total. The van der Waals surface area contributed by atoms with Crippen LogP contribution in [0.4, 0.5) is 0 Å². The maximum Gasteiger partial charge on any atom is 0.234 e. The van der Waals surface area contributed by atoms with Gasteiger partial charge in [-0.3, -0.25) is 0 Å². The molecule has 0 amide bonds. The van der Waals surface area contributed by atoms with Gasteiger partial charge in [0.1, 0.15) is 11.5 Å². The molecule has 0 spiro atoms. The Morgan fingerprint density at radius 1 is 1.12 bits per heavy atom. The molecule has 0 radical (unpaired) electrons. The van der Waals surface area contributed by atoms with Crippen molar-refractivity contribution in [3.05, 3.63) is 24.0 Å². The number of likely N-dealkylation sites (tertiary alicyclic amines) is 1. The van der Waals surface area contributed by atoms with Gasteiger partial charge in [0, 0.05) is 12.0 Å². The van der Waals surface area contributed by atoms with Crippen LogP contribution >= 0.6 is 11.3 Å². The highest BCUT2D eigenvalue weighted by Crippen LogP contribution is 2.36. The molecule has 0 atom stereocenters. The minimum absolute atomic E-state index is 0.416. The van der Waals surface area contributed by atoms with Crippen molar-refractivity contribution >= 4 is 16.3 Å². The van der Waals surface area contributed by atoms with Gasteiger partial charge in [0.15, 0.2) is 10.8 Å². The van der Waals surface area contributed by atoms with Gasteiger partial charge in [-0.05, 0) is 45.1 Å². The number of nitrogens with zero attached hydrogens (tertiary/aromatic N) is 5. The van der Waals surface area contributed by atoms with Crippen LogP contribution in [0.15, 0.2) is 18.2 Å². The summed E-state index contributed by atoms with van der Waals surface area (Å²) in [6.07, 6.45) is 2.19. The molecular weight excluding hydrogens is 338 g/mol. The first-order valence-corrected chi connectivity index (χ1v) is 9.14. The summed E-state index contributed by atoms with van der Waals surface area (Å²) in [6, 6.07) is 5.76. The van der Waals surface area contributed by atoms with E-state index in [1.165, 1.54) is 11.3 Å². The quantitative estimate of drug-likeness (QED) is 0.714. The average molecular weight is 359 g/mol. The Labute approximate surface area is 150 Å². The first-order valence-electron chi connectivity index (χ1n) is 8.32. The van der Waals surface area contributed by atoms with Crippen molar-refractivity contribution in [2.24, 2.45) is 0 Å². The van der Waals surface area contributed by atoms with Crippen LogP contribution in [0.25, 0.3) is 15.5 Å². The molecule has 8 heteroatoms. The summed E-state index contributed by atoms with van der Waals surface area (Å²) in [5, 5.41) is 14.4. The van der Waals surface area contributed by atoms with E-state index in [1.807, 2.05) is 22.7 Å². The summed E-state index contributed by atoms with van der Waals surface area (Å²) in [6.45, 7) is 2.17. The average Bonchev–Trinajstić information content (AvgIpc) is 3.22. The zero-order valence-electron chi connectivity index (χ0n) is 14.6. The summed E-state index contributed by atoms with van der Waals surface area (Å²) in [4.78, 5) is 3.17. The number of ether oxygens (including phenoxy) is 2. The van der Waals surface area contributed by atoms with E-state index in [9.17, 15) is 0 Å². The first-order chi connectivity index (χ1) is 12.2. The Balaban J connectivity index is 1.71.